The average molecular weight is 293 g/mol. The maximum absolute atomic E-state index is 11.9. The van der Waals surface area contributed by atoms with E-state index < -0.39 is 5.97 Å². The number of aryl methyl sites for hydroxylation is 1. The van der Waals surface area contributed by atoms with E-state index in [4.69, 9.17) is 9.57 Å². The first-order valence-electron chi connectivity index (χ1n) is 6.90. The van der Waals surface area contributed by atoms with Crippen LogP contribution in [-0.2, 0) is 9.63 Å². The molecule has 110 valence electrons. The lowest BCUT2D eigenvalue weighted by Crippen LogP contribution is -2.07. The van der Waals surface area contributed by atoms with Crippen molar-refractivity contribution >= 4 is 17.8 Å². The van der Waals surface area contributed by atoms with Crippen molar-refractivity contribution < 1.29 is 14.4 Å². The van der Waals surface area contributed by atoms with Gasteiger partial charge in [0.25, 0.3) is 0 Å². The molecule has 0 aliphatic carbocycles. The number of carbonyl (C=O) groups is 1. The summed E-state index contributed by atoms with van der Waals surface area (Å²) in [6.45, 7) is 1.99. The SMILES string of the molecule is COc1ccc(/C=C2\C(=O)ON=C2c2cccc(C)c2)cc1. The topological polar surface area (TPSA) is 47.9 Å². The summed E-state index contributed by atoms with van der Waals surface area (Å²) in [6.07, 6.45) is 1.77. The van der Waals surface area contributed by atoms with Crippen LogP contribution in [0.2, 0.25) is 0 Å². The smallest absolute Gasteiger partial charge is 0.368 e. The second-order valence-corrected chi connectivity index (χ2v) is 5.02. The summed E-state index contributed by atoms with van der Waals surface area (Å²) in [5.41, 5.74) is 3.87. The maximum atomic E-state index is 11.9. The van der Waals surface area contributed by atoms with Gasteiger partial charge in [0.2, 0.25) is 0 Å². The molecule has 0 spiro atoms. The van der Waals surface area contributed by atoms with Crippen LogP contribution in [0, 0.1) is 6.92 Å². The van der Waals surface area contributed by atoms with Gasteiger partial charge in [-0.25, -0.2) is 4.79 Å². The Morgan fingerprint density at radius 3 is 2.59 bits per heavy atom. The van der Waals surface area contributed by atoms with Crippen LogP contribution in [0.1, 0.15) is 16.7 Å². The lowest BCUT2D eigenvalue weighted by molar-refractivity contribution is -0.136. The molecule has 0 fully saturated rings. The maximum Gasteiger partial charge on any atom is 0.368 e. The first kappa shape index (κ1) is 14.1. The summed E-state index contributed by atoms with van der Waals surface area (Å²) in [4.78, 5) is 16.8. The molecule has 0 saturated carbocycles. The summed E-state index contributed by atoms with van der Waals surface area (Å²) in [6, 6.07) is 15.3. The van der Waals surface area contributed by atoms with Crippen molar-refractivity contribution in [2.24, 2.45) is 5.16 Å². The zero-order valence-corrected chi connectivity index (χ0v) is 12.4. The third-order valence-electron chi connectivity index (χ3n) is 3.41. The van der Waals surface area contributed by atoms with Crippen molar-refractivity contribution in [3.05, 3.63) is 70.8 Å². The molecule has 1 heterocycles. The average Bonchev–Trinajstić information content (AvgIpc) is 2.89. The zero-order valence-electron chi connectivity index (χ0n) is 12.4. The van der Waals surface area contributed by atoms with Crippen molar-refractivity contribution in [3.63, 3.8) is 0 Å². The number of oxime groups is 1. The molecule has 4 nitrogen and oxygen atoms in total. The Balaban J connectivity index is 1.97. The first-order valence-corrected chi connectivity index (χ1v) is 6.90. The highest BCUT2D eigenvalue weighted by Gasteiger charge is 2.26. The number of hydrogen-bond donors (Lipinski definition) is 0. The Morgan fingerprint density at radius 1 is 1.14 bits per heavy atom. The van der Waals surface area contributed by atoms with Gasteiger partial charge in [0.05, 0.1) is 12.7 Å². The fourth-order valence-electron chi connectivity index (χ4n) is 2.28. The minimum absolute atomic E-state index is 0.438. The van der Waals surface area contributed by atoms with Crippen LogP contribution in [-0.4, -0.2) is 18.8 Å². The number of carbonyl (C=O) groups excluding carboxylic acids is 1. The molecule has 0 radical (unpaired) electrons. The molecule has 1 aliphatic rings. The van der Waals surface area contributed by atoms with Crippen molar-refractivity contribution in [2.75, 3.05) is 7.11 Å². The second-order valence-electron chi connectivity index (χ2n) is 5.02. The van der Waals surface area contributed by atoms with Crippen LogP contribution in [0.5, 0.6) is 5.75 Å². The third-order valence-corrected chi connectivity index (χ3v) is 3.41. The summed E-state index contributed by atoms with van der Waals surface area (Å²) >= 11 is 0. The molecule has 2 aromatic carbocycles. The number of ether oxygens (including phenoxy) is 1. The van der Waals surface area contributed by atoms with Crippen molar-refractivity contribution in [2.45, 2.75) is 6.92 Å². The molecule has 0 unspecified atom stereocenters. The van der Waals surface area contributed by atoms with E-state index >= 15 is 0 Å². The van der Waals surface area contributed by atoms with Gasteiger partial charge in [-0.15, -0.1) is 0 Å². The van der Waals surface area contributed by atoms with Crippen molar-refractivity contribution in [3.8, 4) is 5.75 Å². The number of rotatable bonds is 3. The Kier molecular flexibility index (Phi) is 3.74. The number of hydrogen-bond acceptors (Lipinski definition) is 4. The Hall–Kier alpha value is -2.88. The Morgan fingerprint density at radius 2 is 1.91 bits per heavy atom. The van der Waals surface area contributed by atoms with Gasteiger partial charge in [-0.3, -0.25) is 0 Å². The van der Waals surface area contributed by atoms with E-state index in [1.54, 1.807) is 13.2 Å². The molecule has 0 amide bonds. The minimum Gasteiger partial charge on any atom is -0.497 e. The summed E-state index contributed by atoms with van der Waals surface area (Å²) in [7, 11) is 1.62. The normalized spacial score (nSPS) is 15.6. The van der Waals surface area contributed by atoms with Gasteiger partial charge in [-0.05, 0) is 36.8 Å². The molecule has 0 atom stereocenters. The van der Waals surface area contributed by atoms with E-state index in [2.05, 4.69) is 5.16 Å². The second kappa shape index (κ2) is 5.85. The van der Waals surface area contributed by atoms with Crippen LogP contribution >= 0.6 is 0 Å². The standard InChI is InChI=1S/C18H15NO3/c1-12-4-3-5-14(10-12)17-16(18(20)22-19-17)11-13-6-8-15(21-2)9-7-13/h3-11H,1-2H3/b16-11-. The monoisotopic (exact) mass is 293 g/mol. The highest BCUT2D eigenvalue weighted by Crippen LogP contribution is 2.22. The molecule has 0 saturated heterocycles. The number of methoxy groups -OCH3 is 1. The highest BCUT2D eigenvalue weighted by molar-refractivity contribution is 6.31. The van der Waals surface area contributed by atoms with Gasteiger partial charge >= 0.3 is 5.97 Å². The lowest BCUT2D eigenvalue weighted by atomic mass is 9.99. The molecule has 3 rings (SSSR count). The fraction of sp³-hybridized carbons (Fsp3) is 0.111. The van der Waals surface area contributed by atoms with Crippen LogP contribution in [0.3, 0.4) is 0 Å². The lowest BCUT2D eigenvalue weighted by Gasteiger charge is -2.03. The van der Waals surface area contributed by atoms with Gasteiger partial charge in [0.15, 0.2) is 0 Å². The first-order chi connectivity index (χ1) is 10.7. The molecule has 22 heavy (non-hydrogen) atoms. The van der Waals surface area contributed by atoms with E-state index in [0.717, 1.165) is 22.4 Å². The van der Waals surface area contributed by atoms with Crippen molar-refractivity contribution in [1.29, 1.82) is 0 Å². The van der Waals surface area contributed by atoms with Gasteiger partial charge in [-0.2, -0.15) is 0 Å². The summed E-state index contributed by atoms with van der Waals surface area (Å²) in [5.74, 6) is 0.330. The molecular formula is C18H15NO3. The number of nitrogens with zero attached hydrogens (tertiary/aromatic N) is 1. The summed E-state index contributed by atoms with van der Waals surface area (Å²) < 4.78 is 5.13. The van der Waals surface area contributed by atoms with E-state index in [0.29, 0.717) is 11.3 Å². The van der Waals surface area contributed by atoms with Crippen LogP contribution in [0.4, 0.5) is 0 Å². The third kappa shape index (κ3) is 2.76. The predicted octanol–water partition coefficient (Wildman–Crippen LogP) is 3.35. The van der Waals surface area contributed by atoms with Crippen molar-refractivity contribution in [1.82, 2.24) is 0 Å². The molecule has 1 aliphatic heterocycles. The van der Waals surface area contributed by atoms with Crippen LogP contribution in [0.25, 0.3) is 6.08 Å². The zero-order chi connectivity index (χ0) is 15.5. The molecular weight excluding hydrogens is 278 g/mol. The largest absolute Gasteiger partial charge is 0.497 e. The van der Waals surface area contributed by atoms with Crippen LogP contribution < -0.4 is 4.74 Å². The summed E-state index contributed by atoms with van der Waals surface area (Å²) in [5, 5.41) is 3.91. The van der Waals surface area contributed by atoms with Gasteiger partial charge < -0.3 is 9.57 Å². The van der Waals surface area contributed by atoms with E-state index in [9.17, 15) is 4.79 Å². The van der Waals surface area contributed by atoms with E-state index in [1.807, 2.05) is 55.5 Å². The molecule has 0 N–H and O–H groups in total. The highest BCUT2D eigenvalue weighted by atomic mass is 16.7. The molecule has 4 heteroatoms. The quantitative estimate of drug-likeness (QED) is 0.644. The van der Waals surface area contributed by atoms with Crippen LogP contribution in [0.15, 0.2) is 59.3 Å². The fourth-order valence-corrected chi connectivity index (χ4v) is 2.28. The molecule has 0 bridgehead atoms. The van der Waals surface area contributed by atoms with Gasteiger partial charge in [-0.1, -0.05) is 41.1 Å². The van der Waals surface area contributed by atoms with E-state index in [-0.39, 0.29) is 0 Å². The van der Waals surface area contributed by atoms with Gasteiger partial charge in [0, 0.05) is 5.56 Å². The number of benzene rings is 2. The predicted molar refractivity (Wildman–Crippen MR) is 84.8 cm³/mol. The Bertz CT molecular complexity index is 773. The Labute approximate surface area is 128 Å². The van der Waals surface area contributed by atoms with Gasteiger partial charge in [0.1, 0.15) is 11.5 Å². The molecule has 0 aromatic heterocycles. The molecule has 2 aromatic rings. The minimum atomic E-state index is -0.438. The van der Waals surface area contributed by atoms with E-state index in [1.165, 1.54) is 0 Å².